The van der Waals surface area contributed by atoms with Crippen molar-refractivity contribution in [3.05, 3.63) is 28.8 Å². The van der Waals surface area contributed by atoms with Gasteiger partial charge in [0.05, 0.1) is 11.6 Å². The van der Waals surface area contributed by atoms with Crippen LogP contribution in [-0.2, 0) is 0 Å². The van der Waals surface area contributed by atoms with E-state index >= 15 is 0 Å². The summed E-state index contributed by atoms with van der Waals surface area (Å²) in [4.78, 5) is 0. The number of benzene rings is 1. The molecule has 0 aliphatic heterocycles. The third kappa shape index (κ3) is 3.82. The molecular formula is C12H17ClN2O2. The Labute approximate surface area is 106 Å². The van der Waals surface area contributed by atoms with Crippen molar-refractivity contribution in [2.45, 2.75) is 20.3 Å². The maximum Gasteiger partial charge on any atom is 0.170 e. The van der Waals surface area contributed by atoms with E-state index in [0.29, 0.717) is 28.9 Å². The van der Waals surface area contributed by atoms with Crippen LogP contribution in [0.3, 0.4) is 0 Å². The SMILES string of the molecule is CCC(C)COc1ccc(C(N)=NO)cc1Cl. The van der Waals surface area contributed by atoms with Crippen LogP contribution in [0.25, 0.3) is 0 Å². The maximum absolute atomic E-state index is 8.55. The summed E-state index contributed by atoms with van der Waals surface area (Å²) < 4.78 is 5.58. The molecule has 1 aromatic rings. The van der Waals surface area contributed by atoms with Gasteiger partial charge in [0.1, 0.15) is 5.75 Å². The van der Waals surface area contributed by atoms with Gasteiger partial charge in [-0.25, -0.2) is 0 Å². The number of nitrogens with zero attached hydrogens (tertiary/aromatic N) is 1. The molecule has 0 aliphatic carbocycles. The van der Waals surface area contributed by atoms with Gasteiger partial charge < -0.3 is 15.7 Å². The van der Waals surface area contributed by atoms with Crippen molar-refractivity contribution in [3.63, 3.8) is 0 Å². The van der Waals surface area contributed by atoms with E-state index in [-0.39, 0.29) is 5.84 Å². The summed E-state index contributed by atoms with van der Waals surface area (Å²) in [6, 6.07) is 5.04. The Morgan fingerprint density at radius 3 is 2.82 bits per heavy atom. The molecule has 94 valence electrons. The minimum absolute atomic E-state index is 0.0281. The van der Waals surface area contributed by atoms with Crippen LogP contribution < -0.4 is 10.5 Å². The van der Waals surface area contributed by atoms with Gasteiger partial charge in [0, 0.05) is 5.56 Å². The van der Waals surface area contributed by atoms with Crippen molar-refractivity contribution in [1.82, 2.24) is 0 Å². The number of rotatable bonds is 5. The van der Waals surface area contributed by atoms with E-state index < -0.39 is 0 Å². The van der Waals surface area contributed by atoms with E-state index in [1.807, 2.05) is 0 Å². The molecule has 0 heterocycles. The number of oxime groups is 1. The first-order chi connectivity index (χ1) is 8.08. The van der Waals surface area contributed by atoms with Crippen LogP contribution >= 0.6 is 11.6 Å². The minimum atomic E-state index is 0.0281. The zero-order valence-electron chi connectivity index (χ0n) is 9.98. The normalized spacial score (nSPS) is 13.5. The monoisotopic (exact) mass is 256 g/mol. The van der Waals surface area contributed by atoms with Crippen molar-refractivity contribution < 1.29 is 9.94 Å². The third-order valence-corrected chi connectivity index (χ3v) is 2.85. The molecule has 0 fully saturated rings. The van der Waals surface area contributed by atoms with Crippen molar-refractivity contribution >= 4 is 17.4 Å². The summed E-state index contributed by atoms with van der Waals surface area (Å²) in [6.07, 6.45) is 1.06. The molecule has 1 atom stereocenters. The number of halogens is 1. The van der Waals surface area contributed by atoms with E-state index in [1.54, 1.807) is 18.2 Å². The van der Waals surface area contributed by atoms with Gasteiger partial charge in [-0.3, -0.25) is 0 Å². The Morgan fingerprint density at radius 2 is 2.29 bits per heavy atom. The van der Waals surface area contributed by atoms with Gasteiger partial charge in [-0.2, -0.15) is 0 Å². The van der Waals surface area contributed by atoms with Crippen LogP contribution in [0.15, 0.2) is 23.4 Å². The molecule has 0 saturated heterocycles. The maximum atomic E-state index is 8.55. The molecule has 5 heteroatoms. The van der Waals surface area contributed by atoms with Gasteiger partial charge in [0.25, 0.3) is 0 Å². The second kappa shape index (κ2) is 6.35. The highest BCUT2D eigenvalue weighted by Gasteiger charge is 2.07. The molecule has 1 aromatic carbocycles. The Bertz CT molecular complexity index is 407. The largest absolute Gasteiger partial charge is 0.492 e. The highest BCUT2D eigenvalue weighted by Crippen LogP contribution is 2.26. The van der Waals surface area contributed by atoms with E-state index in [9.17, 15) is 0 Å². The van der Waals surface area contributed by atoms with Crippen molar-refractivity contribution in [2.75, 3.05) is 6.61 Å². The summed E-state index contributed by atoms with van der Waals surface area (Å²) in [7, 11) is 0. The highest BCUT2D eigenvalue weighted by atomic mass is 35.5. The molecule has 4 nitrogen and oxygen atoms in total. The molecule has 0 aromatic heterocycles. The Kier molecular flexibility index (Phi) is 5.10. The fourth-order valence-corrected chi connectivity index (χ4v) is 1.42. The third-order valence-electron chi connectivity index (χ3n) is 2.56. The van der Waals surface area contributed by atoms with Crippen LogP contribution in [-0.4, -0.2) is 17.6 Å². The molecule has 1 rings (SSSR count). The molecule has 0 bridgehead atoms. The van der Waals surface area contributed by atoms with Gasteiger partial charge in [-0.05, 0) is 24.1 Å². The smallest absolute Gasteiger partial charge is 0.170 e. The summed E-state index contributed by atoms with van der Waals surface area (Å²) in [5.41, 5.74) is 6.02. The molecule has 3 N–H and O–H groups in total. The van der Waals surface area contributed by atoms with Gasteiger partial charge in [-0.1, -0.05) is 37.0 Å². The summed E-state index contributed by atoms with van der Waals surface area (Å²) in [5, 5.41) is 11.9. The topological polar surface area (TPSA) is 67.8 Å². The zero-order valence-corrected chi connectivity index (χ0v) is 10.7. The Morgan fingerprint density at radius 1 is 1.59 bits per heavy atom. The summed E-state index contributed by atoms with van der Waals surface area (Å²) in [5.74, 6) is 1.12. The van der Waals surface area contributed by atoms with Gasteiger partial charge in [0.2, 0.25) is 0 Å². The van der Waals surface area contributed by atoms with Crippen LogP contribution in [0.1, 0.15) is 25.8 Å². The molecule has 1 unspecified atom stereocenters. The van der Waals surface area contributed by atoms with Gasteiger partial charge >= 0.3 is 0 Å². The average molecular weight is 257 g/mol. The molecule has 0 radical (unpaired) electrons. The first kappa shape index (κ1) is 13.6. The zero-order chi connectivity index (χ0) is 12.8. The van der Waals surface area contributed by atoms with Gasteiger partial charge in [-0.15, -0.1) is 0 Å². The molecular weight excluding hydrogens is 240 g/mol. The average Bonchev–Trinajstić information content (AvgIpc) is 2.35. The Balaban J connectivity index is 2.76. The van der Waals surface area contributed by atoms with E-state index in [4.69, 9.17) is 27.3 Å². The van der Waals surface area contributed by atoms with Gasteiger partial charge in [0.15, 0.2) is 5.84 Å². The first-order valence-electron chi connectivity index (χ1n) is 5.48. The molecule has 0 spiro atoms. The predicted octanol–water partition coefficient (Wildman–Crippen LogP) is 2.86. The van der Waals surface area contributed by atoms with Crippen molar-refractivity contribution in [2.24, 2.45) is 16.8 Å². The lowest BCUT2D eigenvalue weighted by atomic mass is 10.1. The minimum Gasteiger partial charge on any atom is -0.492 e. The number of ether oxygens (including phenoxy) is 1. The van der Waals surface area contributed by atoms with E-state index in [2.05, 4.69) is 19.0 Å². The van der Waals surface area contributed by atoms with E-state index in [1.165, 1.54) is 0 Å². The van der Waals surface area contributed by atoms with Crippen LogP contribution in [0, 0.1) is 5.92 Å². The van der Waals surface area contributed by atoms with Crippen LogP contribution in [0.4, 0.5) is 0 Å². The first-order valence-corrected chi connectivity index (χ1v) is 5.86. The lowest BCUT2D eigenvalue weighted by molar-refractivity contribution is 0.257. The lowest BCUT2D eigenvalue weighted by Crippen LogP contribution is -2.13. The predicted molar refractivity (Wildman–Crippen MR) is 68.9 cm³/mol. The second-order valence-corrected chi connectivity index (χ2v) is 4.36. The number of amidine groups is 1. The highest BCUT2D eigenvalue weighted by molar-refractivity contribution is 6.32. The quantitative estimate of drug-likeness (QED) is 0.368. The second-order valence-electron chi connectivity index (χ2n) is 3.95. The fraction of sp³-hybridized carbons (Fsp3) is 0.417. The summed E-state index contributed by atoms with van der Waals surface area (Å²) in [6.45, 7) is 4.84. The van der Waals surface area contributed by atoms with Crippen LogP contribution in [0.5, 0.6) is 5.75 Å². The Hall–Kier alpha value is -1.42. The number of hydrogen-bond donors (Lipinski definition) is 2. The molecule has 0 amide bonds. The van der Waals surface area contributed by atoms with Crippen LogP contribution in [0.2, 0.25) is 5.02 Å². The number of nitrogens with two attached hydrogens (primary N) is 1. The van der Waals surface area contributed by atoms with Crippen molar-refractivity contribution in [1.29, 1.82) is 0 Å². The molecule has 0 saturated carbocycles. The van der Waals surface area contributed by atoms with Crippen molar-refractivity contribution in [3.8, 4) is 5.75 Å². The lowest BCUT2D eigenvalue weighted by Gasteiger charge is -2.12. The summed E-state index contributed by atoms with van der Waals surface area (Å²) >= 11 is 6.04. The van der Waals surface area contributed by atoms with E-state index in [0.717, 1.165) is 6.42 Å². The number of hydrogen-bond acceptors (Lipinski definition) is 3. The molecule has 17 heavy (non-hydrogen) atoms. The molecule has 0 aliphatic rings. The standard InChI is InChI=1S/C12H17ClN2O2/c1-3-8(2)7-17-11-5-4-9(6-10(11)13)12(14)15-16/h4-6,8,16H,3,7H2,1-2H3,(H2,14,15). The fourth-order valence-electron chi connectivity index (χ4n) is 1.18.